The average Bonchev–Trinajstić information content (AvgIpc) is 3.13. The Hall–Kier alpha value is -6.31. The Morgan fingerprint density at radius 2 is 1.54 bits per heavy atom. The van der Waals surface area contributed by atoms with Crippen LogP contribution in [0.2, 0.25) is 0 Å². The number of anilines is 3. The van der Waals surface area contributed by atoms with Crippen molar-refractivity contribution in [3.8, 4) is 0 Å². The molecular weight excluding hydrogens is 690 g/mol. The summed E-state index contributed by atoms with van der Waals surface area (Å²) in [5, 5.41) is 46.0. The van der Waals surface area contributed by atoms with Crippen LogP contribution < -0.4 is 21.7 Å². The SMILES string of the molecule is C[C@H]1c2ccc(NC(=O)Nc3cccc4ccccc34)cc2C(=O)C2=C(O)[C@]3(O)C(=O)C(C(N)=O)=C(O)[C@@H](N(C)C)[C@@H]3[C@@H](CC(=O)Nc3ccccc3)[C@@H]21. The zero-order valence-electron chi connectivity index (χ0n) is 29.7. The number of hydrogen-bond donors (Lipinski definition) is 7. The number of primary amides is 1. The summed E-state index contributed by atoms with van der Waals surface area (Å²) in [4.78, 5) is 69.7. The fraction of sp³-hybridized carbons (Fsp3) is 0.244. The Balaban J connectivity index is 1.31. The molecular formula is C41H39N5O8. The summed E-state index contributed by atoms with van der Waals surface area (Å²) in [6.07, 6.45) is -0.346. The average molecular weight is 730 g/mol. The molecule has 3 aliphatic rings. The molecule has 4 amide bonds. The molecule has 13 heteroatoms. The normalized spacial score (nSPS) is 24.8. The van der Waals surface area contributed by atoms with E-state index in [4.69, 9.17) is 5.73 Å². The van der Waals surface area contributed by atoms with Crippen molar-refractivity contribution in [1.29, 1.82) is 0 Å². The molecule has 13 nitrogen and oxygen atoms in total. The number of para-hydroxylation sites is 1. The van der Waals surface area contributed by atoms with Crippen molar-refractivity contribution >= 4 is 57.2 Å². The van der Waals surface area contributed by atoms with Gasteiger partial charge in [0.15, 0.2) is 11.4 Å². The van der Waals surface area contributed by atoms with Crippen LogP contribution in [0.5, 0.6) is 0 Å². The number of fused-ring (bicyclic) bond motifs is 4. The lowest BCUT2D eigenvalue weighted by Gasteiger charge is -2.55. The number of hydrogen-bond acceptors (Lipinski definition) is 9. The van der Waals surface area contributed by atoms with E-state index in [0.29, 0.717) is 16.9 Å². The fourth-order valence-corrected chi connectivity index (χ4v) is 8.69. The molecule has 0 aromatic heterocycles. The van der Waals surface area contributed by atoms with Gasteiger partial charge in [-0.1, -0.05) is 67.6 Å². The Morgan fingerprint density at radius 3 is 2.24 bits per heavy atom. The second kappa shape index (κ2) is 13.6. The first-order valence-electron chi connectivity index (χ1n) is 17.4. The molecule has 7 rings (SSSR count). The number of aliphatic hydroxyl groups is 3. The molecule has 276 valence electrons. The van der Waals surface area contributed by atoms with Gasteiger partial charge in [-0.2, -0.15) is 0 Å². The number of rotatable bonds is 7. The van der Waals surface area contributed by atoms with Crippen LogP contribution in [-0.2, 0) is 14.4 Å². The molecule has 0 fully saturated rings. The highest BCUT2D eigenvalue weighted by atomic mass is 16.3. The Bertz CT molecular complexity index is 2310. The molecule has 0 saturated carbocycles. The van der Waals surface area contributed by atoms with Gasteiger partial charge in [0.2, 0.25) is 11.7 Å². The number of ketones is 2. The highest BCUT2D eigenvalue weighted by Crippen LogP contribution is 2.58. The number of aliphatic hydroxyl groups excluding tert-OH is 2. The van der Waals surface area contributed by atoms with Gasteiger partial charge in [0.1, 0.15) is 17.1 Å². The molecule has 8 N–H and O–H groups in total. The van der Waals surface area contributed by atoms with Gasteiger partial charge >= 0.3 is 6.03 Å². The fourth-order valence-electron chi connectivity index (χ4n) is 8.69. The van der Waals surface area contributed by atoms with Crippen LogP contribution in [-0.4, -0.2) is 75.4 Å². The van der Waals surface area contributed by atoms with E-state index in [1.165, 1.54) is 11.0 Å². The maximum atomic E-state index is 14.6. The molecule has 0 aliphatic heterocycles. The molecule has 6 atom stereocenters. The van der Waals surface area contributed by atoms with Crippen molar-refractivity contribution in [2.24, 2.45) is 23.5 Å². The van der Waals surface area contributed by atoms with Crippen molar-refractivity contribution in [1.82, 2.24) is 4.90 Å². The maximum absolute atomic E-state index is 14.6. The first-order valence-corrected chi connectivity index (χ1v) is 17.4. The van der Waals surface area contributed by atoms with Crippen molar-refractivity contribution in [2.75, 3.05) is 30.0 Å². The van der Waals surface area contributed by atoms with E-state index in [2.05, 4.69) is 16.0 Å². The lowest BCUT2D eigenvalue weighted by Crippen LogP contribution is -2.67. The number of nitrogens with two attached hydrogens (primary N) is 1. The van der Waals surface area contributed by atoms with Crippen LogP contribution in [0.25, 0.3) is 10.8 Å². The van der Waals surface area contributed by atoms with Crippen molar-refractivity contribution < 1.29 is 39.3 Å². The molecule has 54 heavy (non-hydrogen) atoms. The summed E-state index contributed by atoms with van der Waals surface area (Å²) in [7, 11) is 3.09. The number of carbonyl (C=O) groups is 5. The molecule has 0 spiro atoms. The van der Waals surface area contributed by atoms with Gasteiger partial charge in [0.05, 0.1) is 11.7 Å². The quantitative estimate of drug-likeness (QED) is 0.127. The van der Waals surface area contributed by atoms with E-state index in [-0.39, 0.29) is 23.2 Å². The predicted octanol–water partition coefficient (Wildman–Crippen LogP) is 5.03. The van der Waals surface area contributed by atoms with Crippen LogP contribution in [0.3, 0.4) is 0 Å². The molecule has 0 radical (unpaired) electrons. The van der Waals surface area contributed by atoms with E-state index in [0.717, 1.165) is 10.8 Å². The van der Waals surface area contributed by atoms with Crippen LogP contribution in [0.4, 0.5) is 21.9 Å². The van der Waals surface area contributed by atoms with Crippen LogP contribution in [0.15, 0.2) is 114 Å². The Morgan fingerprint density at radius 1 is 0.852 bits per heavy atom. The lowest BCUT2D eigenvalue weighted by molar-refractivity contribution is -0.156. The first-order chi connectivity index (χ1) is 25.7. The van der Waals surface area contributed by atoms with E-state index in [1.807, 2.05) is 36.4 Å². The number of Topliss-reactive ketones (excluding diaryl/α,β-unsaturated/α-hetero) is 2. The summed E-state index contributed by atoms with van der Waals surface area (Å²) < 4.78 is 0. The van der Waals surface area contributed by atoms with Gasteiger partial charge in [-0.15, -0.1) is 0 Å². The predicted molar refractivity (Wildman–Crippen MR) is 202 cm³/mol. The third-order valence-corrected chi connectivity index (χ3v) is 11.0. The van der Waals surface area contributed by atoms with Gasteiger partial charge < -0.3 is 37.0 Å². The molecule has 4 aromatic rings. The maximum Gasteiger partial charge on any atom is 0.323 e. The van der Waals surface area contributed by atoms with Gasteiger partial charge in [-0.3, -0.25) is 24.1 Å². The minimum atomic E-state index is -2.92. The van der Waals surface area contributed by atoms with E-state index >= 15 is 0 Å². The van der Waals surface area contributed by atoms with Gasteiger partial charge in [-0.05, 0) is 67.2 Å². The summed E-state index contributed by atoms with van der Waals surface area (Å²) in [6, 6.07) is 24.6. The number of benzene rings is 4. The molecule has 3 aliphatic carbocycles. The minimum absolute atomic E-state index is 0.0960. The number of nitrogens with one attached hydrogen (secondary N) is 3. The molecule has 0 bridgehead atoms. The summed E-state index contributed by atoms with van der Waals surface area (Å²) in [6.45, 7) is 1.80. The van der Waals surface area contributed by atoms with Gasteiger partial charge in [-0.25, -0.2) is 4.79 Å². The third kappa shape index (κ3) is 5.78. The highest BCUT2D eigenvalue weighted by Gasteiger charge is 2.67. The number of likely N-dealkylation sites (N-methyl/N-ethyl adjacent to an activating group) is 1. The number of urea groups is 1. The lowest BCUT2D eigenvalue weighted by atomic mass is 9.51. The summed E-state index contributed by atoms with van der Waals surface area (Å²) in [5.41, 5.74) is 3.35. The van der Waals surface area contributed by atoms with E-state index < -0.39 is 81.8 Å². The van der Waals surface area contributed by atoms with E-state index in [1.54, 1.807) is 69.6 Å². The number of amides is 4. The van der Waals surface area contributed by atoms with Crippen LogP contribution >= 0.6 is 0 Å². The second-order valence-electron chi connectivity index (χ2n) is 14.3. The molecule has 0 heterocycles. The van der Waals surface area contributed by atoms with Crippen molar-refractivity contribution in [3.05, 3.63) is 125 Å². The monoisotopic (exact) mass is 729 g/mol. The molecule has 0 unspecified atom stereocenters. The Labute approximate surface area is 310 Å². The van der Waals surface area contributed by atoms with Gasteiger partial charge in [0.25, 0.3) is 5.91 Å². The summed E-state index contributed by atoms with van der Waals surface area (Å²) in [5.74, 6) is -9.62. The molecule has 0 saturated heterocycles. The third-order valence-electron chi connectivity index (χ3n) is 11.0. The number of allylic oxidation sites excluding steroid dienone is 1. The van der Waals surface area contributed by atoms with E-state index in [9.17, 15) is 39.3 Å². The zero-order valence-corrected chi connectivity index (χ0v) is 29.7. The van der Waals surface area contributed by atoms with Gasteiger partial charge in [0, 0.05) is 46.2 Å². The smallest absolute Gasteiger partial charge is 0.323 e. The van der Waals surface area contributed by atoms with Crippen molar-refractivity contribution in [3.63, 3.8) is 0 Å². The first kappa shape index (κ1) is 36.1. The standard InChI is InChI=1S/C41H39N5O8/c1-20-24-17-16-23(44-40(53)45-28-15-9-11-21-10-7-8-14-25(21)28)18-26(24)35(48)31-30(20)27(19-29(47)43-22-12-5-4-6-13-22)33-34(46(2)3)36(49)32(39(42)52)38(51)41(33,54)37(31)50/h4-18,20,27,30,33-34,49-50,54H,19H2,1-3H3,(H2,42,52)(H,43,47)(H2,44,45,53)/t20-,27-,30-,33-,34-,41-/m0/s1. The second-order valence-corrected chi connectivity index (χ2v) is 14.3. The number of nitrogens with zero attached hydrogens (tertiary/aromatic N) is 1. The summed E-state index contributed by atoms with van der Waals surface area (Å²) >= 11 is 0. The number of carbonyl (C=O) groups excluding carboxylic acids is 5. The molecule has 4 aromatic carbocycles. The van der Waals surface area contributed by atoms with Crippen molar-refractivity contribution in [2.45, 2.75) is 30.9 Å². The Kier molecular flexibility index (Phi) is 9.08. The topological polar surface area (TPSA) is 211 Å². The minimum Gasteiger partial charge on any atom is -0.510 e. The zero-order chi connectivity index (χ0) is 38.6. The largest absolute Gasteiger partial charge is 0.510 e. The highest BCUT2D eigenvalue weighted by molar-refractivity contribution is 6.25. The van der Waals surface area contributed by atoms with Crippen LogP contribution in [0.1, 0.15) is 35.2 Å². The van der Waals surface area contributed by atoms with Crippen LogP contribution in [0, 0.1) is 17.8 Å².